The Bertz CT molecular complexity index is 988. The van der Waals surface area contributed by atoms with Gasteiger partial charge in [-0.25, -0.2) is 18.4 Å². The fourth-order valence-electron chi connectivity index (χ4n) is 3.18. The van der Waals surface area contributed by atoms with E-state index < -0.39 is 10.0 Å². The Hall–Kier alpha value is -2.91. The van der Waals surface area contributed by atoms with Gasteiger partial charge in [0.2, 0.25) is 15.9 Å². The van der Waals surface area contributed by atoms with E-state index in [1.54, 1.807) is 17.0 Å². The molecule has 1 saturated heterocycles. The SMILES string of the molecule is Cc1ccc(N2C[C@@H](NC(=O)NCCc3ccc(S(N)(=O)=O)cc3)CC2=O)cc1. The number of carbonyl (C=O) groups excluding carboxylic acids is 2. The van der Waals surface area contributed by atoms with Crippen LogP contribution in [0.1, 0.15) is 17.5 Å². The molecular weight excluding hydrogens is 392 g/mol. The highest BCUT2D eigenvalue weighted by Crippen LogP contribution is 2.21. The average molecular weight is 417 g/mol. The van der Waals surface area contributed by atoms with E-state index in [0.717, 1.165) is 16.8 Å². The molecule has 1 aliphatic heterocycles. The number of nitrogens with zero attached hydrogens (tertiary/aromatic N) is 1. The van der Waals surface area contributed by atoms with Crippen LogP contribution < -0.4 is 20.7 Å². The summed E-state index contributed by atoms with van der Waals surface area (Å²) in [5, 5.41) is 10.7. The Kier molecular flexibility index (Phi) is 6.19. The number of aryl methyl sites for hydroxylation is 1. The number of hydrogen-bond acceptors (Lipinski definition) is 4. The van der Waals surface area contributed by atoms with Crippen molar-refractivity contribution in [2.45, 2.75) is 30.7 Å². The van der Waals surface area contributed by atoms with E-state index in [-0.39, 0.29) is 29.3 Å². The van der Waals surface area contributed by atoms with Crippen molar-refractivity contribution in [3.8, 4) is 0 Å². The van der Waals surface area contributed by atoms with Gasteiger partial charge in [0, 0.05) is 25.2 Å². The topological polar surface area (TPSA) is 122 Å². The van der Waals surface area contributed by atoms with Crippen molar-refractivity contribution in [3.05, 3.63) is 59.7 Å². The third-order valence-corrected chi connectivity index (χ3v) is 5.69. The summed E-state index contributed by atoms with van der Waals surface area (Å²) in [6.45, 7) is 2.80. The van der Waals surface area contributed by atoms with Crippen LogP contribution in [0.3, 0.4) is 0 Å². The molecule has 0 aliphatic carbocycles. The molecule has 8 nitrogen and oxygen atoms in total. The van der Waals surface area contributed by atoms with Crippen LogP contribution in [0.15, 0.2) is 53.4 Å². The van der Waals surface area contributed by atoms with Crippen LogP contribution in [0, 0.1) is 6.92 Å². The maximum absolute atomic E-state index is 12.3. The number of anilines is 1. The van der Waals surface area contributed by atoms with Crippen LogP contribution in [-0.4, -0.2) is 39.5 Å². The van der Waals surface area contributed by atoms with Gasteiger partial charge >= 0.3 is 6.03 Å². The molecule has 2 aromatic rings. The van der Waals surface area contributed by atoms with Crippen molar-refractivity contribution in [1.29, 1.82) is 0 Å². The second-order valence-corrected chi connectivity index (χ2v) is 8.64. The first-order chi connectivity index (χ1) is 13.7. The van der Waals surface area contributed by atoms with E-state index >= 15 is 0 Å². The van der Waals surface area contributed by atoms with Crippen LogP contribution in [0.4, 0.5) is 10.5 Å². The van der Waals surface area contributed by atoms with Gasteiger partial charge in [0.05, 0.1) is 10.9 Å². The van der Waals surface area contributed by atoms with Gasteiger partial charge in [-0.2, -0.15) is 0 Å². The highest BCUT2D eigenvalue weighted by atomic mass is 32.2. The third-order valence-electron chi connectivity index (χ3n) is 4.76. The summed E-state index contributed by atoms with van der Waals surface area (Å²) in [7, 11) is -3.71. The van der Waals surface area contributed by atoms with Crippen LogP contribution in [0.25, 0.3) is 0 Å². The average Bonchev–Trinajstić information content (AvgIpc) is 3.02. The Morgan fingerprint density at radius 1 is 1.14 bits per heavy atom. The molecule has 154 valence electrons. The first-order valence-electron chi connectivity index (χ1n) is 9.25. The fourth-order valence-corrected chi connectivity index (χ4v) is 3.70. The number of nitrogens with one attached hydrogen (secondary N) is 2. The Morgan fingerprint density at radius 3 is 2.41 bits per heavy atom. The van der Waals surface area contributed by atoms with Gasteiger partial charge in [-0.15, -0.1) is 0 Å². The van der Waals surface area contributed by atoms with E-state index in [4.69, 9.17) is 5.14 Å². The number of hydrogen-bond donors (Lipinski definition) is 3. The Morgan fingerprint density at radius 2 is 1.79 bits per heavy atom. The molecule has 0 bridgehead atoms. The van der Waals surface area contributed by atoms with E-state index in [1.807, 2.05) is 31.2 Å². The number of amides is 3. The summed E-state index contributed by atoms with van der Waals surface area (Å²) >= 11 is 0. The Labute approximate surface area is 170 Å². The molecule has 1 atom stereocenters. The largest absolute Gasteiger partial charge is 0.338 e. The first-order valence-corrected chi connectivity index (χ1v) is 10.8. The molecule has 9 heteroatoms. The first kappa shape index (κ1) is 20.8. The number of nitrogens with two attached hydrogens (primary N) is 1. The van der Waals surface area contributed by atoms with E-state index in [0.29, 0.717) is 19.5 Å². The molecule has 0 spiro atoms. The molecule has 3 rings (SSSR count). The second kappa shape index (κ2) is 8.62. The molecule has 0 saturated carbocycles. The van der Waals surface area contributed by atoms with Gasteiger partial charge in [-0.3, -0.25) is 4.79 Å². The summed E-state index contributed by atoms with van der Waals surface area (Å²) in [4.78, 5) is 26.1. The van der Waals surface area contributed by atoms with Crippen LogP contribution in [0.5, 0.6) is 0 Å². The lowest BCUT2D eigenvalue weighted by Crippen LogP contribution is -2.43. The van der Waals surface area contributed by atoms with E-state index in [2.05, 4.69) is 10.6 Å². The number of urea groups is 1. The number of benzene rings is 2. The predicted molar refractivity (Wildman–Crippen MR) is 110 cm³/mol. The summed E-state index contributed by atoms with van der Waals surface area (Å²) in [5.74, 6) is -0.0194. The third kappa shape index (κ3) is 5.55. The van der Waals surface area contributed by atoms with Crippen molar-refractivity contribution in [2.75, 3.05) is 18.0 Å². The van der Waals surface area contributed by atoms with Crippen LogP contribution >= 0.6 is 0 Å². The molecule has 1 aliphatic rings. The number of rotatable bonds is 6. The molecule has 3 amide bonds. The van der Waals surface area contributed by atoms with Crippen molar-refractivity contribution >= 4 is 27.6 Å². The lowest BCUT2D eigenvalue weighted by molar-refractivity contribution is -0.117. The smallest absolute Gasteiger partial charge is 0.315 e. The van der Waals surface area contributed by atoms with Gasteiger partial charge < -0.3 is 15.5 Å². The minimum Gasteiger partial charge on any atom is -0.338 e. The number of sulfonamides is 1. The quantitative estimate of drug-likeness (QED) is 0.657. The second-order valence-electron chi connectivity index (χ2n) is 7.08. The number of carbonyl (C=O) groups is 2. The minimum absolute atomic E-state index is 0.0194. The molecule has 1 heterocycles. The highest BCUT2D eigenvalue weighted by Gasteiger charge is 2.31. The van der Waals surface area contributed by atoms with E-state index in [9.17, 15) is 18.0 Å². The minimum atomic E-state index is -3.71. The number of primary sulfonamides is 1. The lowest BCUT2D eigenvalue weighted by atomic mass is 10.1. The zero-order chi connectivity index (χ0) is 21.0. The van der Waals surface area contributed by atoms with Crippen molar-refractivity contribution in [3.63, 3.8) is 0 Å². The van der Waals surface area contributed by atoms with Gasteiger partial charge in [0.1, 0.15) is 0 Å². The van der Waals surface area contributed by atoms with Crippen LogP contribution in [-0.2, 0) is 21.2 Å². The van der Waals surface area contributed by atoms with Gasteiger partial charge in [0.25, 0.3) is 0 Å². The maximum atomic E-state index is 12.3. The monoisotopic (exact) mass is 416 g/mol. The van der Waals surface area contributed by atoms with Gasteiger partial charge in [-0.1, -0.05) is 29.8 Å². The Balaban J connectivity index is 1.45. The molecule has 0 aromatic heterocycles. The summed E-state index contributed by atoms with van der Waals surface area (Å²) in [5.41, 5.74) is 2.82. The molecule has 1 fully saturated rings. The molecule has 4 N–H and O–H groups in total. The molecule has 0 unspecified atom stereocenters. The van der Waals surface area contributed by atoms with Crippen molar-refractivity contribution in [2.24, 2.45) is 5.14 Å². The summed E-state index contributed by atoms with van der Waals surface area (Å²) in [6.07, 6.45) is 0.799. The van der Waals surface area contributed by atoms with Gasteiger partial charge in [0.15, 0.2) is 0 Å². The molecule has 2 aromatic carbocycles. The fraction of sp³-hybridized carbons (Fsp3) is 0.300. The zero-order valence-electron chi connectivity index (χ0n) is 16.1. The van der Waals surface area contributed by atoms with Crippen LogP contribution in [0.2, 0.25) is 0 Å². The molecule has 29 heavy (non-hydrogen) atoms. The highest BCUT2D eigenvalue weighted by molar-refractivity contribution is 7.89. The summed E-state index contributed by atoms with van der Waals surface area (Å²) in [6, 6.07) is 13.3. The predicted octanol–water partition coefficient (Wildman–Crippen LogP) is 1.29. The van der Waals surface area contributed by atoms with Crippen molar-refractivity contribution < 1.29 is 18.0 Å². The molecular formula is C20H24N4O4S. The molecule has 0 radical (unpaired) electrons. The normalized spacial score (nSPS) is 16.7. The lowest BCUT2D eigenvalue weighted by Gasteiger charge is -2.17. The van der Waals surface area contributed by atoms with Gasteiger partial charge in [-0.05, 0) is 43.2 Å². The summed E-state index contributed by atoms with van der Waals surface area (Å²) < 4.78 is 22.5. The standard InChI is InChI=1S/C20H24N4O4S/c1-14-2-6-17(7-3-14)24-13-16(12-19(24)25)23-20(26)22-11-10-15-4-8-18(9-5-15)29(21,27)28/h2-9,16H,10-13H2,1H3,(H2,21,27,28)(H2,22,23,26)/t16-/m0/s1. The zero-order valence-corrected chi connectivity index (χ0v) is 16.9. The van der Waals surface area contributed by atoms with E-state index in [1.165, 1.54) is 12.1 Å². The maximum Gasteiger partial charge on any atom is 0.315 e. The van der Waals surface area contributed by atoms with Crippen molar-refractivity contribution in [1.82, 2.24) is 10.6 Å².